The Hall–Kier alpha value is -1.95. The fourth-order valence-corrected chi connectivity index (χ4v) is 8.00. The molecule has 15 nitrogen and oxygen atoms in total. The Morgan fingerprint density at radius 1 is 1.08 bits per heavy atom. The minimum absolute atomic E-state index is 0.128. The summed E-state index contributed by atoms with van der Waals surface area (Å²) in [6, 6.07) is -1.15. The molecule has 3 rings (SSSR count). The summed E-state index contributed by atoms with van der Waals surface area (Å²) in [5.74, 6) is -3.39. The van der Waals surface area contributed by atoms with Crippen LogP contribution in [0, 0.1) is 17.8 Å². The molecular formula is C35H64N4O11. The second-order valence-corrected chi connectivity index (χ2v) is 15.8. The summed E-state index contributed by atoms with van der Waals surface area (Å²) in [6.45, 7) is 12.6. The molecule has 0 saturated carbocycles. The van der Waals surface area contributed by atoms with Gasteiger partial charge < -0.3 is 59.9 Å². The molecular weight excluding hydrogens is 652 g/mol. The summed E-state index contributed by atoms with van der Waals surface area (Å²) in [5, 5.41) is 37.5. The molecule has 3 aliphatic rings. The van der Waals surface area contributed by atoms with Gasteiger partial charge in [-0.3, -0.25) is 14.4 Å². The van der Waals surface area contributed by atoms with Crippen LogP contribution in [0.25, 0.3) is 0 Å². The van der Waals surface area contributed by atoms with Crippen molar-refractivity contribution >= 4 is 17.7 Å². The number of hydrogen-bond donors (Lipinski definition) is 5. The quantitative estimate of drug-likeness (QED) is 0.231. The van der Waals surface area contributed by atoms with Gasteiger partial charge in [0, 0.05) is 58.0 Å². The number of likely N-dealkylation sites (N-methyl/N-ethyl adjacent to an activating group) is 1. The zero-order valence-electron chi connectivity index (χ0n) is 31.8. The van der Waals surface area contributed by atoms with E-state index in [2.05, 4.69) is 5.32 Å². The van der Waals surface area contributed by atoms with Gasteiger partial charge in [-0.25, -0.2) is 0 Å². The van der Waals surface area contributed by atoms with E-state index in [1.165, 1.54) is 12.0 Å². The second kappa shape index (κ2) is 17.3. The van der Waals surface area contributed by atoms with E-state index in [0.717, 1.165) is 0 Å². The van der Waals surface area contributed by atoms with Crippen LogP contribution in [0.15, 0.2) is 0 Å². The predicted molar refractivity (Wildman–Crippen MR) is 183 cm³/mol. The van der Waals surface area contributed by atoms with E-state index in [1.807, 2.05) is 32.8 Å². The van der Waals surface area contributed by atoms with Crippen molar-refractivity contribution in [3.8, 4) is 0 Å². The molecule has 3 heterocycles. The molecule has 15 heteroatoms. The van der Waals surface area contributed by atoms with E-state index in [9.17, 15) is 29.7 Å². The molecule has 3 aliphatic heterocycles. The summed E-state index contributed by atoms with van der Waals surface area (Å²) in [5.41, 5.74) is 2.92. The van der Waals surface area contributed by atoms with Crippen LogP contribution in [-0.2, 0) is 38.1 Å². The number of rotatable bonds is 8. The molecule has 15 atom stereocenters. The monoisotopic (exact) mass is 716 g/mol. The Labute approximate surface area is 297 Å². The zero-order chi connectivity index (χ0) is 37.9. The van der Waals surface area contributed by atoms with Crippen molar-refractivity contribution in [2.45, 2.75) is 153 Å². The van der Waals surface area contributed by atoms with Crippen molar-refractivity contribution in [2.75, 3.05) is 34.8 Å². The number of ether oxygens (including phenoxy) is 5. The summed E-state index contributed by atoms with van der Waals surface area (Å²) in [4.78, 5) is 42.8. The summed E-state index contributed by atoms with van der Waals surface area (Å²) < 4.78 is 31.3. The second-order valence-electron chi connectivity index (χ2n) is 15.8. The van der Waals surface area contributed by atoms with Crippen LogP contribution in [0.5, 0.6) is 0 Å². The molecule has 0 spiro atoms. The van der Waals surface area contributed by atoms with Crippen molar-refractivity contribution < 1.29 is 53.4 Å². The maximum atomic E-state index is 14.0. The summed E-state index contributed by atoms with van der Waals surface area (Å²) in [6.07, 6.45) is -6.57. The Morgan fingerprint density at radius 3 is 2.30 bits per heavy atom. The topological polar surface area (TPSA) is 203 Å². The Kier molecular flexibility index (Phi) is 14.7. The lowest BCUT2D eigenvalue weighted by Gasteiger charge is -2.49. The highest BCUT2D eigenvalue weighted by molar-refractivity contribution is 5.83. The normalized spacial score (nSPS) is 44.5. The number of nitrogens with zero attached hydrogens (tertiary/aromatic N) is 2. The number of hydrogen-bond acceptors (Lipinski definition) is 12. The van der Waals surface area contributed by atoms with Gasteiger partial charge in [-0.15, -0.1) is 0 Å². The predicted octanol–water partition coefficient (Wildman–Crippen LogP) is 0.355. The highest BCUT2D eigenvalue weighted by atomic mass is 16.7. The van der Waals surface area contributed by atoms with Crippen molar-refractivity contribution in [3.05, 3.63) is 0 Å². The number of methoxy groups -OCH3 is 1. The molecule has 6 N–H and O–H groups in total. The van der Waals surface area contributed by atoms with Gasteiger partial charge in [0.05, 0.1) is 41.5 Å². The summed E-state index contributed by atoms with van der Waals surface area (Å²) in [7, 11) is 6.87. The molecule has 3 amide bonds. The fourth-order valence-electron chi connectivity index (χ4n) is 8.00. The van der Waals surface area contributed by atoms with E-state index >= 15 is 0 Å². The minimum Gasteiger partial charge on any atom is -0.387 e. The van der Waals surface area contributed by atoms with Crippen LogP contribution >= 0.6 is 0 Å². The van der Waals surface area contributed by atoms with Gasteiger partial charge in [0.15, 0.2) is 12.6 Å². The largest absolute Gasteiger partial charge is 0.387 e. The lowest BCUT2D eigenvalue weighted by molar-refractivity contribution is -0.317. The third kappa shape index (κ3) is 10.3. The number of carbonyl (C=O) groups is 3. The molecule has 0 aromatic heterocycles. The maximum absolute atomic E-state index is 14.0. The van der Waals surface area contributed by atoms with Crippen molar-refractivity contribution in [1.29, 1.82) is 0 Å². The Balaban J connectivity index is 2.12. The number of aliphatic hydroxyl groups is 3. The van der Waals surface area contributed by atoms with Gasteiger partial charge >= 0.3 is 0 Å². The van der Waals surface area contributed by atoms with Crippen molar-refractivity contribution in [3.63, 3.8) is 0 Å². The van der Waals surface area contributed by atoms with Crippen LogP contribution in [0.3, 0.4) is 0 Å². The molecule has 0 aliphatic carbocycles. The molecule has 0 aromatic rings. The Morgan fingerprint density at radius 2 is 1.72 bits per heavy atom. The van der Waals surface area contributed by atoms with Crippen LogP contribution in [0.1, 0.15) is 80.6 Å². The van der Waals surface area contributed by atoms with Crippen LogP contribution in [0.4, 0.5) is 0 Å². The first-order valence-corrected chi connectivity index (χ1v) is 17.8. The van der Waals surface area contributed by atoms with E-state index in [-0.39, 0.29) is 56.2 Å². The first-order valence-electron chi connectivity index (χ1n) is 17.8. The van der Waals surface area contributed by atoms with Crippen LogP contribution < -0.4 is 11.1 Å². The number of amides is 3. The number of nitrogens with two attached hydrogens (primary N) is 1. The van der Waals surface area contributed by atoms with Gasteiger partial charge in [-0.2, -0.15) is 0 Å². The molecule has 3 fully saturated rings. The highest BCUT2D eigenvalue weighted by Crippen LogP contribution is 2.39. The van der Waals surface area contributed by atoms with Crippen LogP contribution in [-0.4, -0.2) is 150 Å². The highest BCUT2D eigenvalue weighted by Gasteiger charge is 2.51. The molecule has 0 bridgehead atoms. The average molecular weight is 717 g/mol. The third-order valence-corrected chi connectivity index (χ3v) is 10.8. The van der Waals surface area contributed by atoms with E-state index in [0.29, 0.717) is 6.42 Å². The molecule has 290 valence electrons. The molecule has 0 aromatic carbocycles. The van der Waals surface area contributed by atoms with E-state index < -0.39 is 84.0 Å². The number of primary amides is 1. The van der Waals surface area contributed by atoms with E-state index in [4.69, 9.17) is 29.4 Å². The lowest BCUT2D eigenvalue weighted by Crippen LogP contribution is -2.61. The SMILES string of the molecule is CO[C@]1(C)C[C@H](O[C@H]2[C@H](C)[C@@H](O[C@@H]3O[C@H](C)C[C@H](N(C)C)[C@H]3O)[C@](C)(O)C[C@@H](C)CN(C)C(=O)C[C@@H](CC(N)=O)NC(=O)[C@@H]2C)O[C@@H](C)[C@@H]1O. The first-order chi connectivity index (χ1) is 23.1. The smallest absolute Gasteiger partial charge is 0.225 e. The zero-order valence-corrected chi connectivity index (χ0v) is 31.8. The van der Waals surface area contributed by atoms with Crippen LogP contribution in [0.2, 0.25) is 0 Å². The first kappa shape index (κ1) is 42.5. The molecule has 0 radical (unpaired) electrons. The molecule has 3 saturated heterocycles. The van der Waals surface area contributed by atoms with Gasteiger partial charge in [0.25, 0.3) is 0 Å². The van der Waals surface area contributed by atoms with Crippen molar-refractivity contribution in [2.24, 2.45) is 23.5 Å². The summed E-state index contributed by atoms with van der Waals surface area (Å²) >= 11 is 0. The third-order valence-electron chi connectivity index (χ3n) is 10.8. The number of nitrogens with one attached hydrogen (secondary N) is 1. The lowest BCUT2D eigenvalue weighted by atomic mass is 9.77. The Bertz CT molecular complexity index is 1160. The molecule has 50 heavy (non-hydrogen) atoms. The van der Waals surface area contributed by atoms with Gasteiger partial charge in [0.2, 0.25) is 17.7 Å². The minimum atomic E-state index is -1.57. The average Bonchev–Trinajstić information content (AvgIpc) is 3.00. The van der Waals surface area contributed by atoms with Gasteiger partial charge in [0.1, 0.15) is 12.2 Å². The number of aliphatic hydroxyl groups excluding tert-OH is 2. The number of carbonyl (C=O) groups excluding carboxylic acids is 3. The van der Waals surface area contributed by atoms with Gasteiger partial charge in [-0.05, 0) is 60.5 Å². The standard InChI is InChI=1S/C35H64N4O11/c1-18-15-34(6,45)31(50-33-28(42)24(38(8)9)12-19(2)47-33)20(3)29(49-27-16-35(7,46-11)30(43)22(5)48-27)21(4)32(44)37-23(13-25(36)40)14-26(41)39(10)17-18/h18-24,27-31,33,42-43,45H,12-17H2,1-11H3,(H2,36,40)(H,37,44)/t18-,19-,20+,21-,22+,23-,24+,27+,28-,29+,30+,31-,33+,34-,35-/m1/s1. The fraction of sp³-hybridized carbons (Fsp3) is 0.914. The molecule has 0 unspecified atom stereocenters. The van der Waals surface area contributed by atoms with Crippen molar-refractivity contribution in [1.82, 2.24) is 15.1 Å². The maximum Gasteiger partial charge on any atom is 0.225 e. The van der Waals surface area contributed by atoms with E-state index in [1.54, 1.807) is 41.7 Å². The van der Waals surface area contributed by atoms with Gasteiger partial charge in [-0.1, -0.05) is 20.8 Å².